The van der Waals surface area contributed by atoms with Crippen LogP contribution in [0.4, 0.5) is 0 Å². The molecule has 0 saturated carbocycles. The highest BCUT2D eigenvalue weighted by molar-refractivity contribution is 5.93. The summed E-state index contributed by atoms with van der Waals surface area (Å²) in [5, 5.41) is 24.0. The van der Waals surface area contributed by atoms with Gasteiger partial charge in [-0.15, -0.1) is 0 Å². The number of nitrogens with two attached hydrogens (primary N) is 1. The van der Waals surface area contributed by atoms with Gasteiger partial charge in [0.1, 0.15) is 12.1 Å². The zero-order valence-electron chi connectivity index (χ0n) is 18.1. The number of nitrogens with one attached hydrogen (secondary N) is 3. The van der Waals surface area contributed by atoms with Crippen LogP contribution in [0.25, 0.3) is 10.9 Å². The predicted molar refractivity (Wildman–Crippen MR) is 118 cm³/mol. The zero-order chi connectivity index (χ0) is 23.8. The Morgan fingerprint density at radius 3 is 2.31 bits per heavy atom. The predicted octanol–water partition coefficient (Wildman–Crippen LogP) is 1.00. The van der Waals surface area contributed by atoms with Gasteiger partial charge in [0.2, 0.25) is 11.8 Å². The Morgan fingerprint density at radius 1 is 1.03 bits per heavy atom. The molecule has 3 atom stereocenters. The van der Waals surface area contributed by atoms with Crippen LogP contribution in [-0.2, 0) is 25.6 Å². The quantitative estimate of drug-likeness (QED) is 0.282. The monoisotopic (exact) mass is 446 g/mol. The van der Waals surface area contributed by atoms with Crippen LogP contribution in [0.5, 0.6) is 0 Å². The van der Waals surface area contributed by atoms with Crippen molar-refractivity contribution in [1.29, 1.82) is 0 Å². The molecule has 10 heteroatoms. The highest BCUT2D eigenvalue weighted by Gasteiger charge is 2.29. The van der Waals surface area contributed by atoms with Crippen molar-refractivity contribution in [3.05, 3.63) is 36.0 Å². The van der Waals surface area contributed by atoms with Gasteiger partial charge in [-0.25, -0.2) is 4.79 Å². The number of carbonyl (C=O) groups is 4. The molecule has 1 aromatic heterocycles. The first-order valence-corrected chi connectivity index (χ1v) is 10.4. The standard InChI is InChI=1S/C22H30N4O6/c1-12(2)9-15(23)20(29)26-18(10-13-11-24-16-6-4-3-5-14(13)16)21(30)25-17(22(31)32)7-8-19(27)28/h3-6,11-12,15,17-18,24H,7-10,23H2,1-2H3,(H,25,30)(H,26,29)(H,27,28)(H,31,32). The second kappa shape index (κ2) is 11.3. The molecule has 10 nitrogen and oxygen atoms in total. The van der Waals surface area contributed by atoms with Crippen LogP contribution in [-0.4, -0.2) is 57.1 Å². The number of aromatic nitrogens is 1. The van der Waals surface area contributed by atoms with Gasteiger partial charge in [0.25, 0.3) is 0 Å². The van der Waals surface area contributed by atoms with E-state index in [0.717, 1.165) is 16.5 Å². The molecule has 2 aromatic rings. The third kappa shape index (κ3) is 7.09. The van der Waals surface area contributed by atoms with Crippen LogP contribution in [0.15, 0.2) is 30.5 Å². The maximum Gasteiger partial charge on any atom is 0.326 e. The second-order valence-electron chi connectivity index (χ2n) is 8.19. The molecular weight excluding hydrogens is 416 g/mol. The minimum Gasteiger partial charge on any atom is -0.481 e. The number of benzene rings is 1. The van der Waals surface area contributed by atoms with Gasteiger partial charge >= 0.3 is 11.9 Å². The van der Waals surface area contributed by atoms with Crippen molar-refractivity contribution < 1.29 is 29.4 Å². The van der Waals surface area contributed by atoms with E-state index in [2.05, 4.69) is 15.6 Å². The number of aliphatic carboxylic acids is 2. The number of carboxylic acid groups (broad SMARTS) is 2. The Bertz CT molecular complexity index is 970. The number of hydrogen-bond donors (Lipinski definition) is 6. The second-order valence-corrected chi connectivity index (χ2v) is 8.19. The summed E-state index contributed by atoms with van der Waals surface area (Å²) in [6.45, 7) is 3.84. The fourth-order valence-electron chi connectivity index (χ4n) is 3.42. The molecule has 0 bridgehead atoms. The Hall–Kier alpha value is -3.40. The third-order valence-electron chi connectivity index (χ3n) is 5.06. The summed E-state index contributed by atoms with van der Waals surface area (Å²) in [7, 11) is 0. The van der Waals surface area contributed by atoms with Crippen molar-refractivity contribution in [2.45, 2.75) is 57.7 Å². The summed E-state index contributed by atoms with van der Waals surface area (Å²) in [6, 6.07) is 4.14. The molecule has 0 aliphatic heterocycles. The van der Waals surface area contributed by atoms with Crippen LogP contribution in [0, 0.1) is 5.92 Å². The van der Waals surface area contributed by atoms with Crippen molar-refractivity contribution in [1.82, 2.24) is 15.6 Å². The van der Waals surface area contributed by atoms with E-state index in [9.17, 15) is 24.3 Å². The number of hydrogen-bond acceptors (Lipinski definition) is 5. The highest BCUT2D eigenvalue weighted by Crippen LogP contribution is 2.19. The van der Waals surface area contributed by atoms with Gasteiger partial charge in [-0.1, -0.05) is 32.0 Å². The lowest BCUT2D eigenvalue weighted by Crippen LogP contribution is -2.55. The van der Waals surface area contributed by atoms with Gasteiger partial charge in [0, 0.05) is 29.9 Å². The van der Waals surface area contributed by atoms with E-state index in [-0.39, 0.29) is 18.8 Å². The van der Waals surface area contributed by atoms with Gasteiger partial charge in [0.15, 0.2) is 0 Å². The lowest BCUT2D eigenvalue weighted by molar-refractivity contribution is -0.143. The van der Waals surface area contributed by atoms with Crippen LogP contribution in [0.2, 0.25) is 0 Å². The Labute approximate surface area is 185 Å². The zero-order valence-corrected chi connectivity index (χ0v) is 18.1. The van der Waals surface area contributed by atoms with Crippen LogP contribution in [0.1, 0.15) is 38.7 Å². The summed E-state index contributed by atoms with van der Waals surface area (Å²) in [5.74, 6) is -3.60. The summed E-state index contributed by atoms with van der Waals surface area (Å²) < 4.78 is 0. The largest absolute Gasteiger partial charge is 0.481 e. The number of carbonyl (C=O) groups excluding carboxylic acids is 2. The SMILES string of the molecule is CC(C)CC(N)C(=O)NC(Cc1c[nH]c2ccccc12)C(=O)NC(CCC(=O)O)C(=O)O. The number of aromatic amines is 1. The maximum atomic E-state index is 13.0. The van der Waals surface area contributed by atoms with Crippen molar-refractivity contribution in [3.63, 3.8) is 0 Å². The normalized spacial score (nSPS) is 14.0. The average molecular weight is 447 g/mol. The van der Waals surface area contributed by atoms with Crippen LogP contribution in [0.3, 0.4) is 0 Å². The highest BCUT2D eigenvalue weighted by atomic mass is 16.4. The molecule has 7 N–H and O–H groups in total. The number of fused-ring (bicyclic) bond motifs is 1. The Morgan fingerprint density at radius 2 is 1.69 bits per heavy atom. The van der Waals surface area contributed by atoms with E-state index in [0.29, 0.717) is 6.42 Å². The van der Waals surface area contributed by atoms with Crippen molar-refractivity contribution in [3.8, 4) is 0 Å². The number of amides is 2. The number of H-pyrrole nitrogens is 1. The molecule has 2 amide bonds. The number of rotatable bonds is 12. The lowest BCUT2D eigenvalue weighted by atomic mass is 10.0. The fraction of sp³-hybridized carbons (Fsp3) is 0.455. The summed E-state index contributed by atoms with van der Waals surface area (Å²) in [4.78, 5) is 51.0. The van der Waals surface area contributed by atoms with E-state index in [1.54, 1.807) is 6.20 Å². The Balaban J connectivity index is 2.23. The van der Waals surface area contributed by atoms with Crippen LogP contribution >= 0.6 is 0 Å². The third-order valence-corrected chi connectivity index (χ3v) is 5.06. The molecule has 1 heterocycles. The molecule has 3 unspecified atom stereocenters. The number of carboxylic acids is 2. The van der Waals surface area contributed by atoms with E-state index in [4.69, 9.17) is 10.8 Å². The topological polar surface area (TPSA) is 175 Å². The first-order valence-electron chi connectivity index (χ1n) is 10.4. The van der Waals surface area contributed by atoms with Crippen LogP contribution < -0.4 is 16.4 Å². The van der Waals surface area contributed by atoms with Crippen molar-refractivity contribution in [2.24, 2.45) is 11.7 Å². The molecule has 0 saturated heterocycles. The molecule has 0 fully saturated rings. The summed E-state index contributed by atoms with van der Waals surface area (Å²) in [6.07, 6.45) is 1.54. The molecule has 1 aromatic carbocycles. The van der Waals surface area contributed by atoms with Gasteiger partial charge in [0.05, 0.1) is 6.04 Å². The smallest absolute Gasteiger partial charge is 0.326 e. The molecule has 0 radical (unpaired) electrons. The summed E-state index contributed by atoms with van der Waals surface area (Å²) in [5.41, 5.74) is 7.57. The summed E-state index contributed by atoms with van der Waals surface area (Å²) >= 11 is 0. The molecular formula is C22H30N4O6. The van der Waals surface area contributed by atoms with Gasteiger partial charge in [-0.3, -0.25) is 14.4 Å². The van der Waals surface area contributed by atoms with Gasteiger partial charge in [-0.2, -0.15) is 0 Å². The number of para-hydroxylation sites is 1. The minimum atomic E-state index is -1.40. The molecule has 32 heavy (non-hydrogen) atoms. The maximum absolute atomic E-state index is 13.0. The molecule has 0 aliphatic carbocycles. The van der Waals surface area contributed by atoms with Gasteiger partial charge in [-0.05, 0) is 30.4 Å². The average Bonchev–Trinajstić information content (AvgIpc) is 3.12. The molecule has 0 spiro atoms. The van der Waals surface area contributed by atoms with Gasteiger partial charge < -0.3 is 31.6 Å². The molecule has 174 valence electrons. The van der Waals surface area contributed by atoms with Crippen molar-refractivity contribution >= 4 is 34.7 Å². The molecule has 2 rings (SSSR count). The van der Waals surface area contributed by atoms with Crippen molar-refractivity contribution in [2.75, 3.05) is 0 Å². The van der Waals surface area contributed by atoms with E-state index < -0.39 is 48.3 Å². The van der Waals surface area contributed by atoms with E-state index in [1.165, 1.54) is 0 Å². The van der Waals surface area contributed by atoms with E-state index >= 15 is 0 Å². The molecule has 0 aliphatic rings. The van der Waals surface area contributed by atoms with E-state index in [1.807, 2.05) is 38.1 Å². The fourth-order valence-corrected chi connectivity index (χ4v) is 3.42. The first kappa shape index (κ1) is 24.9. The first-order chi connectivity index (χ1) is 15.1. The Kier molecular flexibility index (Phi) is 8.77. The minimum absolute atomic E-state index is 0.0985. The lowest BCUT2D eigenvalue weighted by Gasteiger charge is -2.23.